The Morgan fingerprint density at radius 3 is 2.23 bits per heavy atom. The average molecular weight is 400 g/mol. The summed E-state index contributed by atoms with van der Waals surface area (Å²) in [5.41, 5.74) is 5.20. The maximum atomic E-state index is 12.8. The monoisotopic (exact) mass is 400 g/mol. The Kier molecular flexibility index (Phi) is 5.57. The second-order valence-corrected chi connectivity index (χ2v) is 6.96. The van der Waals surface area contributed by atoms with Gasteiger partial charge in [-0.25, -0.2) is 0 Å². The molecule has 1 saturated heterocycles. The molecule has 2 atom stereocenters. The topological polar surface area (TPSA) is 70.4 Å². The molecule has 0 unspecified atom stereocenters. The predicted molar refractivity (Wildman–Crippen MR) is 113 cm³/mol. The normalized spacial score (nSPS) is 19.4. The molecule has 2 amide bonds. The van der Waals surface area contributed by atoms with E-state index in [-0.39, 0.29) is 11.8 Å². The summed E-state index contributed by atoms with van der Waals surface area (Å²) in [5.74, 6) is 0.200. The molecule has 0 bridgehead atoms. The van der Waals surface area contributed by atoms with Crippen LogP contribution in [0.5, 0.6) is 5.75 Å². The number of hydrogen-bond donors (Lipinski definition) is 2. The molecule has 0 aromatic heterocycles. The van der Waals surface area contributed by atoms with Gasteiger partial charge in [0.1, 0.15) is 5.75 Å². The quantitative estimate of drug-likeness (QED) is 0.647. The van der Waals surface area contributed by atoms with Gasteiger partial charge in [0.05, 0.1) is 7.11 Å². The Labute approximate surface area is 174 Å². The van der Waals surface area contributed by atoms with Crippen LogP contribution >= 0.6 is 0 Å². The first kappa shape index (κ1) is 19.4. The van der Waals surface area contributed by atoms with Crippen LogP contribution in [0.1, 0.15) is 27.5 Å². The molecule has 1 fully saturated rings. The second-order valence-electron chi connectivity index (χ2n) is 6.96. The van der Waals surface area contributed by atoms with E-state index in [1.54, 1.807) is 36.1 Å². The standard InChI is InChI=1S/C24H21N3O3/c1-30-20-14-12-17(13-15-20)16-27-22(18-8-4-2-5-9-18)21(24(29)26-27)25-23(28)19-10-6-3-7-11-19/h2-16,21-22H,1H3,(H-,25,26,28,29)/p+1/b27-16-/t21-,22+/m0/s1. The molecule has 1 heterocycles. The molecular formula is C24H22N3O3+. The van der Waals surface area contributed by atoms with Crippen molar-refractivity contribution in [3.8, 4) is 5.75 Å². The van der Waals surface area contributed by atoms with Gasteiger partial charge in [0.25, 0.3) is 5.91 Å². The number of nitrogens with one attached hydrogen (secondary N) is 2. The van der Waals surface area contributed by atoms with E-state index < -0.39 is 12.1 Å². The van der Waals surface area contributed by atoms with Gasteiger partial charge in [-0.15, -0.1) is 10.1 Å². The number of carbonyl (C=O) groups excluding carboxylic acids is 2. The van der Waals surface area contributed by atoms with Gasteiger partial charge in [0, 0.05) is 16.7 Å². The maximum absolute atomic E-state index is 12.8. The maximum Gasteiger partial charge on any atom is 0.304 e. The Bertz CT molecular complexity index is 1060. The van der Waals surface area contributed by atoms with Crippen LogP contribution in [0.3, 0.4) is 0 Å². The van der Waals surface area contributed by atoms with E-state index in [0.29, 0.717) is 5.56 Å². The smallest absolute Gasteiger partial charge is 0.304 e. The van der Waals surface area contributed by atoms with E-state index in [9.17, 15) is 9.59 Å². The van der Waals surface area contributed by atoms with Crippen LogP contribution in [0.4, 0.5) is 0 Å². The minimum atomic E-state index is -0.741. The molecule has 4 rings (SSSR count). The van der Waals surface area contributed by atoms with Crippen LogP contribution in [0, 0.1) is 0 Å². The highest BCUT2D eigenvalue weighted by atomic mass is 16.5. The molecule has 2 N–H and O–H groups in total. The number of ether oxygens (including phenoxy) is 1. The van der Waals surface area contributed by atoms with E-state index in [0.717, 1.165) is 16.9 Å². The van der Waals surface area contributed by atoms with Gasteiger partial charge >= 0.3 is 5.91 Å². The van der Waals surface area contributed by atoms with Gasteiger partial charge in [0.2, 0.25) is 12.3 Å². The lowest BCUT2D eigenvalue weighted by Crippen LogP contribution is -2.42. The van der Waals surface area contributed by atoms with Gasteiger partial charge < -0.3 is 10.1 Å². The Morgan fingerprint density at radius 1 is 0.967 bits per heavy atom. The fourth-order valence-corrected chi connectivity index (χ4v) is 3.50. The fourth-order valence-electron chi connectivity index (χ4n) is 3.50. The molecule has 0 saturated carbocycles. The third-order valence-electron chi connectivity index (χ3n) is 5.00. The number of rotatable bonds is 5. The van der Waals surface area contributed by atoms with Crippen molar-refractivity contribution in [2.75, 3.05) is 7.11 Å². The third kappa shape index (κ3) is 4.07. The molecular weight excluding hydrogens is 378 g/mol. The SMILES string of the molecule is COc1ccc(/C=[N+]2\NC(=O)[C@@H](NC(=O)c3ccccc3)[C@H]2c2ccccc2)cc1. The summed E-state index contributed by atoms with van der Waals surface area (Å²) in [4.78, 5) is 25.5. The Balaban J connectivity index is 1.68. The fraction of sp³-hybridized carbons (Fsp3) is 0.125. The van der Waals surface area contributed by atoms with Crippen molar-refractivity contribution in [3.63, 3.8) is 0 Å². The number of hydrogen-bond acceptors (Lipinski definition) is 3. The lowest BCUT2D eigenvalue weighted by Gasteiger charge is -2.14. The van der Waals surface area contributed by atoms with E-state index in [4.69, 9.17) is 4.74 Å². The molecule has 6 nitrogen and oxygen atoms in total. The molecule has 3 aromatic rings. The number of carbonyl (C=O) groups is 2. The van der Waals surface area contributed by atoms with Crippen molar-refractivity contribution in [3.05, 3.63) is 102 Å². The van der Waals surface area contributed by atoms with Gasteiger partial charge in [-0.05, 0) is 36.4 Å². The lowest BCUT2D eigenvalue weighted by atomic mass is 10.00. The number of methoxy groups -OCH3 is 1. The number of hydrazone groups is 1. The van der Waals surface area contributed by atoms with Crippen LogP contribution in [-0.4, -0.2) is 35.9 Å². The highest BCUT2D eigenvalue weighted by Crippen LogP contribution is 2.25. The molecule has 0 aliphatic carbocycles. The first-order chi connectivity index (χ1) is 14.7. The summed E-state index contributed by atoms with van der Waals surface area (Å²) in [5, 5.41) is 2.89. The van der Waals surface area contributed by atoms with E-state index in [1.165, 1.54) is 0 Å². The summed E-state index contributed by atoms with van der Waals surface area (Å²) >= 11 is 0. The zero-order valence-electron chi connectivity index (χ0n) is 16.5. The number of amides is 2. The molecule has 0 spiro atoms. The minimum absolute atomic E-state index is 0.266. The minimum Gasteiger partial charge on any atom is -0.497 e. The van der Waals surface area contributed by atoms with Gasteiger partial charge in [0.15, 0.2) is 6.04 Å². The van der Waals surface area contributed by atoms with Crippen molar-refractivity contribution >= 4 is 18.0 Å². The summed E-state index contributed by atoms with van der Waals surface area (Å²) < 4.78 is 6.95. The zero-order chi connectivity index (χ0) is 20.9. The molecule has 0 radical (unpaired) electrons. The van der Waals surface area contributed by atoms with E-state index in [2.05, 4.69) is 10.7 Å². The van der Waals surface area contributed by atoms with Crippen molar-refractivity contribution < 1.29 is 19.0 Å². The van der Waals surface area contributed by atoms with Crippen LogP contribution in [-0.2, 0) is 4.79 Å². The Morgan fingerprint density at radius 2 is 1.60 bits per heavy atom. The van der Waals surface area contributed by atoms with Crippen LogP contribution in [0.2, 0.25) is 0 Å². The van der Waals surface area contributed by atoms with Gasteiger partial charge in [-0.3, -0.25) is 9.59 Å². The molecule has 150 valence electrons. The lowest BCUT2D eigenvalue weighted by molar-refractivity contribution is -0.596. The second kappa shape index (κ2) is 8.61. The first-order valence-corrected chi connectivity index (χ1v) is 9.64. The van der Waals surface area contributed by atoms with Gasteiger partial charge in [-0.1, -0.05) is 48.5 Å². The van der Waals surface area contributed by atoms with E-state index >= 15 is 0 Å². The van der Waals surface area contributed by atoms with Crippen molar-refractivity contribution in [1.29, 1.82) is 0 Å². The summed E-state index contributed by atoms with van der Waals surface area (Å²) in [7, 11) is 1.62. The van der Waals surface area contributed by atoms with Gasteiger partial charge in [-0.2, -0.15) is 0 Å². The number of hydrazine groups is 1. The van der Waals surface area contributed by atoms with E-state index in [1.807, 2.05) is 66.9 Å². The summed E-state index contributed by atoms with van der Waals surface area (Å²) in [6.45, 7) is 0. The molecule has 3 aromatic carbocycles. The molecule has 30 heavy (non-hydrogen) atoms. The molecule has 1 aliphatic rings. The van der Waals surface area contributed by atoms with Crippen molar-refractivity contribution in [1.82, 2.24) is 10.7 Å². The number of benzene rings is 3. The first-order valence-electron chi connectivity index (χ1n) is 9.64. The highest BCUT2D eigenvalue weighted by molar-refractivity contribution is 5.98. The zero-order valence-corrected chi connectivity index (χ0v) is 16.5. The van der Waals surface area contributed by atoms with Crippen molar-refractivity contribution in [2.45, 2.75) is 12.1 Å². The highest BCUT2D eigenvalue weighted by Gasteiger charge is 2.47. The Hall–Kier alpha value is -3.93. The molecule has 6 heteroatoms. The average Bonchev–Trinajstić information content (AvgIpc) is 3.09. The molecule has 1 aliphatic heterocycles. The van der Waals surface area contributed by atoms with Crippen LogP contribution in [0.25, 0.3) is 0 Å². The predicted octanol–water partition coefficient (Wildman–Crippen LogP) is 2.71. The van der Waals surface area contributed by atoms with Crippen LogP contribution < -0.4 is 15.5 Å². The van der Waals surface area contributed by atoms with Crippen molar-refractivity contribution in [2.24, 2.45) is 0 Å². The summed E-state index contributed by atoms with van der Waals surface area (Å²) in [6.07, 6.45) is 1.85. The number of nitrogens with zero attached hydrogens (tertiary/aromatic N) is 1. The largest absolute Gasteiger partial charge is 0.497 e. The van der Waals surface area contributed by atoms with Crippen LogP contribution in [0.15, 0.2) is 84.9 Å². The third-order valence-corrected chi connectivity index (χ3v) is 5.00. The summed E-state index contributed by atoms with van der Waals surface area (Å²) in [6, 6.07) is 24.9.